The lowest BCUT2D eigenvalue weighted by molar-refractivity contribution is -0.143. The average Bonchev–Trinajstić information content (AvgIpc) is 2.42. The van der Waals surface area contributed by atoms with Gasteiger partial charge in [-0.1, -0.05) is 65.3 Å². The van der Waals surface area contributed by atoms with Crippen LogP contribution in [0.5, 0.6) is 0 Å². The molecule has 2 bridgehead atoms. The number of hydrogen-bond acceptors (Lipinski definition) is 2. The van der Waals surface area contributed by atoms with E-state index in [9.17, 15) is 9.59 Å². The summed E-state index contributed by atoms with van der Waals surface area (Å²) < 4.78 is 0. The third-order valence-electron chi connectivity index (χ3n) is 5.98. The van der Waals surface area contributed by atoms with Crippen molar-refractivity contribution >= 4 is 11.6 Å². The Morgan fingerprint density at radius 2 is 1.46 bits per heavy atom. The van der Waals surface area contributed by atoms with E-state index in [4.69, 9.17) is 0 Å². The average molecular weight is 324 g/mol. The van der Waals surface area contributed by atoms with Gasteiger partial charge in [-0.25, -0.2) is 0 Å². The molecular formula is C22H28O2. The van der Waals surface area contributed by atoms with Crippen molar-refractivity contribution < 1.29 is 9.59 Å². The Hall–Kier alpha value is -1.70. The van der Waals surface area contributed by atoms with E-state index in [2.05, 4.69) is 73.6 Å². The summed E-state index contributed by atoms with van der Waals surface area (Å²) in [4.78, 5) is 26.3. The van der Waals surface area contributed by atoms with Gasteiger partial charge >= 0.3 is 0 Å². The predicted octanol–water partition coefficient (Wildman–Crippen LogP) is 4.81. The molecule has 128 valence electrons. The molecule has 0 radical (unpaired) electrons. The zero-order valence-corrected chi connectivity index (χ0v) is 16.1. The highest BCUT2D eigenvalue weighted by Crippen LogP contribution is 2.59. The summed E-state index contributed by atoms with van der Waals surface area (Å²) in [6.07, 6.45) is 2.14. The fourth-order valence-corrected chi connectivity index (χ4v) is 4.39. The number of hydrogen-bond donors (Lipinski definition) is 0. The zero-order valence-electron chi connectivity index (χ0n) is 16.1. The molecule has 24 heavy (non-hydrogen) atoms. The van der Waals surface area contributed by atoms with E-state index < -0.39 is 11.3 Å². The molecule has 0 aliphatic heterocycles. The summed E-state index contributed by atoms with van der Waals surface area (Å²) in [6.45, 7) is 16.8. The van der Waals surface area contributed by atoms with Gasteiger partial charge in [-0.2, -0.15) is 0 Å². The van der Waals surface area contributed by atoms with Gasteiger partial charge in [0.25, 0.3) is 0 Å². The molecule has 0 amide bonds. The predicted molar refractivity (Wildman–Crippen MR) is 97.3 cm³/mol. The molecule has 0 heterocycles. The zero-order chi connectivity index (χ0) is 18.2. The van der Waals surface area contributed by atoms with E-state index in [1.807, 2.05) is 0 Å². The Morgan fingerprint density at radius 3 is 1.96 bits per heavy atom. The van der Waals surface area contributed by atoms with Crippen LogP contribution in [-0.2, 0) is 15.0 Å². The smallest absolute Gasteiger partial charge is 0.214 e. The van der Waals surface area contributed by atoms with Gasteiger partial charge in [-0.15, -0.1) is 0 Å². The fourth-order valence-electron chi connectivity index (χ4n) is 4.39. The number of rotatable bonds is 0. The summed E-state index contributed by atoms with van der Waals surface area (Å²) in [5.41, 5.74) is 4.18. The molecule has 2 nitrogen and oxygen atoms in total. The lowest BCUT2D eigenvalue weighted by Gasteiger charge is -2.53. The van der Waals surface area contributed by atoms with Crippen molar-refractivity contribution in [2.75, 3.05) is 0 Å². The van der Waals surface area contributed by atoms with Crippen LogP contribution in [-0.4, -0.2) is 11.6 Å². The SMILES string of the molecule is Cc1cc2c(cc1C)[C@]1(C(C)(C)C)C=C(C(C)(C)C)[C@H]2C(=O)C1=O. The molecule has 0 saturated heterocycles. The van der Waals surface area contributed by atoms with Crippen molar-refractivity contribution in [3.63, 3.8) is 0 Å². The van der Waals surface area contributed by atoms with Crippen molar-refractivity contribution in [1.29, 1.82) is 0 Å². The largest absolute Gasteiger partial charge is 0.290 e. The van der Waals surface area contributed by atoms with Crippen LogP contribution in [0.3, 0.4) is 0 Å². The standard InChI is InChI=1S/C22H28O2/c1-12-9-14-15(10-13(12)2)22(21(6,7)8)11-16(20(3,4)5)17(14)18(23)19(22)24/h9-11,17H,1-8H3/t17-,22+/m0/s1. The minimum atomic E-state index is -0.852. The molecule has 0 saturated carbocycles. The first-order valence-electron chi connectivity index (χ1n) is 8.76. The van der Waals surface area contributed by atoms with E-state index in [0.717, 1.165) is 16.7 Å². The van der Waals surface area contributed by atoms with Gasteiger partial charge < -0.3 is 0 Å². The Balaban J connectivity index is 2.49. The van der Waals surface area contributed by atoms with Gasteiger partial charge in [0, 0.05) is 0 Å². The van der Waals surface area contributed by atoms with Crippen LogP contribution in [0.4, 0.5) is 0 Å². The van der Waals surface area contributed by atoms with Crippen LogP contribution in [0.2, 0.25) is 0 Å². The lowest BCUT2D eigenvalue weighted by atomic mass is 9.47. The second kappa shape index (κ2) is 4.68. The normalized spacial score (nSPS) is 26.5. The van der Waals surface area contributed by atoms with Crippen LogP contribution in [0.25, 0.3) is 0 Å². The van der Waals surface area contributed by atoms with E-state index >= 15 is 0 Å². The van der Waals surface area contributed by atoms with Crippen LogP contribution in [0.1, 0.15) is 69.7 Å². The number of benzene rings is 1. The van der Waals surface area contributed by atoms with Crippen molar-refractivity contribution in [1.82, 2.24) is 0 Å². The highest BCUT2D eigenvalue weighted by molar-refractivity contribution is 6.46. The molecule has 0 aromatic heterocycles. The van der Waals surface area contributed by atoms with Crippen molar-refractivity contribution in [3.8, 4) is 0 Å². The van der Waals surface area contributed by atoms with E-state index in [-0.39, 0.29) is 22.4 Å². The van der Waals surface area contributed by atoms with Crippen LogP contribution < -0.4 is 0 Å². The minimum absolute atomic E-state index is 0.145. The molecule has 0 N–H and O–H groups in total. The van der Waals surface area contributed by atoms with Gasteiger partial charge in [-0.05, 0) is 46.9 Å². The molecular weight excluding hydrogens is 296 g/mol. The molecule has 0 fully saturated rings. The highest BCUT2D eigenvalue weighted by atomic mass is 16.2. The van der Waals surface area contributed by atoms with Gasteiger partial charge in [0.1, 0.15) is 0 Å². The van der Waals surface area contributed by atoms with Crippen molar-refractivity contribution in [3.05, 3.63) is 46.0 Å². The first kappa shape index (κ1) is 17.1. The first-order valence-corrected chi connectivity index (χ1v) is 8.76. The molecule has 4 rings (SSSR count). The monoisotopic (exact) mass is 324 g/mol. The maximum atomic E-state index is 13.2. The van der Waals surface area contributed by atoms with Crippen LogP contribution in [0.15, 0.2) is 23.8 Å². The Morgan fingerprint density at radius 1 is 0.917 bits per heavy atom. The summed E-state index contributed by atoms with van der Waals surface area (Å²) in [5.74, 6) is -0.868. The molecule has 1 aromatic rings. The highest BCUT2D eigenvalue weighted by Gasteiger charge is 2.61. The van der Waals surface area contributed by atoms with Crippen molar-refractivity contribution in [2.24, 2.45) is 10.8 Å². The molecule has 3 aliphatic rings. The summed E-state index contributed by atoms with van der Waals surface area (Å²) >= 11 is 0. The van der Waals surface area contributed by atoms with Gasteiger partial charge in [0.05, 0.1) is 11.3 Å². The minimum Gasteiger partial charge on any atom is -0.290 e. The van der Waals surface area contributed by atoms with Gasteiger partial charge in [-0.3, -0.25) is 9.59 Å². The maximum Gasteiger partial charge on any atom is 0.214 e. The van der Waals surface area contributed by atoms with Gasteiger partial charge in [0.2, 0.25) is 11.6 Å². The molecule has 0 unspecified atom stereocenters. The Kier molecular flexibility index (Phi) is 3.34. The van der Waals surface area contributed by atoms with Crippen LogP contribution in [0, 0.1) is 24.7 Å². The summed E-state index contributed by atoms with van der Waals surface area (Å²) in [6, 6.07) is 4.28. The van der Waals surface area contributed by atoms with Crippen molar-refractivity contribution in [2.45, 2.75) is 66.7 Å². The number of aryl methyl sites for hydroxylation is 2. The number of Topliss-reactive ketones (excluding diaryl/α,β-unsaturated/α-hetero) is 2. The third-order valence-corrected chi connectivity index (χ3v) is 5.98. The third kappa shape index (κ3) is 1.95. The number of carbonyl (C=O) groups is 2. The lowest BCUT2D eigenvalue weighted by Crippen LogP contribution is -2.58. The Labute approximate surface area is 145 Å². The summed E-state index contributed by atoms with van der Waals surface area (Å²) in [5, 5.41) is 0. The molecule has 2 heteroatoms. The first-order chi connectivity index (χ1) is 10.8. The quantitative estimate of drug-likeness (QED) is 0.507. The number of allylic oxidation sites excluding steroid dienone is 2. The van der Waals surface area contributed by atoms with E-state index in [0.29, 0.717) is 0 Å². The molecule has 0 spiro atoms. The molecule has 1 aromatic carbocycles. The molecule has 3 aliphatic carbocycles. The van der Waals surface area contributed by atoms with Crippen LogP contribution >= 0.6 is 0 Å². The van der Waals surface area contributed by atoms with E-state index in [1.165, 1.54) is 11.1 Å². The second-order valence-electron chi connectivity index (χ2n) is 9.56. The Bertz CT molecular complexity index is 796. The second-order valence-corrected chi connectivity index (χ2v) is 9.56. The maximum absolute atomic E-state index is 13.2. The van der Waals surface area contributed by atoms with E-state index in [1.54, 1.807) is 0 Å². The molecule has 2 atom stereocenters. The number of fused-ring (bicyclic) bond motifs is 1. The number of ketones is 2. The van der Waals surface area contributed by atoms with Gasteiger partial charge in [0.15, 0.2) is 0 Å². The topological polar surface area (TPSA) is 34.1 Å². The fraction of sp³-hybridized carbons (Fsp3) is 0.545. The summed E-state index contributed by atoms with van der Waals surface area (Å²) in [7, 11) is 0. The number of carbonyl (C=O) groups excluding carboxylic acids is 2.